The summed E-state index contributed by atoms with van der Waals surface area (Å²) < 4.78 is 38.6. The van der Waals surface area contributed by atoms with Crippen LogP contribution in [0.2, 0.25) is 0 Å². The Balaban J connectivity index is 1.62. The molecule has 29 heavy (non-hydrogen) atoms. The van der Waals surface area contributed by atoms with Gasteiger partial charge in [-0.2, -0.15) is 18.3 Å². The largest absolute Gasteiger partial charge is 0.416 e. The van der Waals surface area contributed by atoms with E-state index in [2.05, 4.69) is 20.5 Å². The van der Waals surface area contributed by atoms with Gasteiger partial charge in [0.15, 0.2) is 0 Å². The number of pyridine rings is 1. The quantitative estimate of drug-likeness (QED) is 0.500. The summed E-state index contributed by atoms with van der Waals surface area (Å²) in [4.78, 5) is 16.6. The predicted molar refractivity (Wildman–Crippen MR) is 103 cm³/mol. The Hall–Kier alpha value is -3.68. The van der Waals surface area contributed by atoms with Crippen molar-refractivity contribution < 1.29 is 18.0 Å². The number of hydrogen-bond donors (Lipinski definition) is 2. The average molecular weight is 396 g/mol. The molecular weight excluding hydrogens is 381 g/mol. The van der Waals surface area contributed by atoms with Gasteiger partial charge < -0.3 is 5.32 Å². The summed E-state index contributed by atoms with van der Waals surface area (Å²) in [5, 5.41) is 9.57. The topological polar surface area (TPSA) is 70.7 Å². The molecule has 0 spiro atoms. The number of rotatable bonds is 3. The lowest BCUT2D eigenvalue weighted by atomic mass is 10.0. The highest BCUT2D eigenvalue weighted by Crippen LogP contribution is 2.32. The number of anilines is 1. The lowest BCUT2D eigenvalue weighted by molar-refractivity contribution is -0.137. The molecule has 0 fully saturated rings. The number of nitrogens with zero attached hydrogens (tertiary/aromatic N) is 2. The van der Waals surface area contributed by atoms with Gasteiger partial charge in [0.25, 0.3) is 5.91 Å². The van der Waals surface area contributed by atoms with Gasteiger partial charge in [-0.3, -0.25) is 9.89 Å². The third kappa shape index (κ3) is 3.82. The second kappa shape index (κ2) is 7.05. The smallest absolute Gasteiger partial charge is 0.320 e. The molecule has 146 valence electrons. The molecule has 0 bridgehead atoms. The van der Waals surface area contributed by atoms with E-state index in [0.29, 0.717) is 28.0 Å². The normalized spacial score (nSPS) is 11.6. The highest BCUT2D eigenvalue weighted by atomic mass is 19.4. The second-order valence-electron chi connectivity index (χ2n) is 6.56. The number of amides is 1. The number of fused-ring (bicyclic) bond motifs is 1. The maximum absolute atomic E-state index is 12.9. The lowest BCUT2D eigenvalue weighted by Gasteiger charge is -2.11. The number of alkyl halides is 3. The Kier molecular flexibility index (Phi) is 4.54. The van der Waals surface area contributed by atoms with Crippen LogP contribution < -0.4 is 5.32 Å². The molecule has 0 aliphatic carbocycles. The van der Waals surface area contributed by atoms with Crippen LogP contribution >= 0.6 is 0 Å². The molecule has 2 heterocycles. The van der Waals surface area contributed by atoms with Crippen molar-refractivity contribution in [1.82, 2.24) is 15.2 Å². The Labute approximate surface area is 163 Å². The first-order valence-corrected chi connectivity index (χ1v) is 8.71. The van der Waals surface area contributed by atoms with Crippen molar-refractivity contribution in [2.24, 2.45) is 0 Å². The molecule has 0 radical (unpaired) electrons. The highest BCUT2D eigenvalue weighted by molar-refractivity contribution is 6.03. The summed E-state index contributed by atoms with van der Waals surface area (Å²) in [5.41, 5.74) is 3.02. The second-order valence-corrected chi connectivity index (χ2v) is 6.56. The minimum absolute atomic E-state index is 0.303. The number of carbonyl (C=O) groups excluding carboxylic acids is 1. The van der Waals surface area contributed by atoms with Crippen molar-refractivity contribution in [2.75, 3.05) is 5.32 Å². The van der Waals surface area contributed by atoms with Gasteiger partial charge in [0.2, 0.25) is 0 Å². The Morgan fingerprint density at radius 2 is 1.86 bits per heavy atom. The van der Waals surface area contributed by atoms with Crippen LogP contribution in [0.3, 0.4) is 0 Å². The number of aromatic amines is 1. The SMILES string of the molecule is Cc1cc(-c2ccc3cc(C(F)(F)F)ccc3n2)ccc1NC(=O)c1ccn[nH]1. The Bertz CT molecular complexity index is 1200. The summed E-state index contributed by atoms with van der Waals surface area (Å²) in [6, 6.07) is 13.8. The first-order chi connectivity index (χ1) is 13.8. The van der Waals surface area contributed by atoms with Gasteiger partial charge in [-0.25, -0.2) is 4.98 Å². The molecule has 0 atom stereocenters. The van der Waals surface area contributed by atoms with E-state index in [0.717, 1.165) is 23.3 Å². The molecule has 2 N–H and O–H groups in total. The van der Waals surface area contributed by atoms with E-state index < -0.39 is 11.7 Å². The fourth-order valence-corrected chi connectivity index (χ4v) is 3.00. The van der Waals surface area contributed by atoms with Crippen molar-refractivity contribution >= 4 is 22.5 Å². The van der Waals surface area contributed by atoms with E-state index >= 15 is 0 Å². The molecule has 0 aliphatic rings. The molecule has 2 aromatic carbocycles. The summed E-state index contributed by atoms with van der Waals surface area (Å²) in [7, 11) is 0. The number of halogens is 3. The molecule has 0 aliphatic heterocycles. The number of H-pyrrole nitrogens is 1. The van der Waals surface area contributed by atoms with Crippen molar-refractivity contribution in [1.29, 1.82) is 0 Å². The van der Waals surface area contributed by atoms with Gasteiger partial charge in [0.1, 0.15) is 5.69 Å². The number of benzene rings is 2. The van der Waals surface area contributed by atoms with Gasteiger partial charge >= 0.3 is 6.18 Å². The fourth-order valence-electron chi connectivity index (χ4n) is 3.00. The standard InChI is InChI=1S/C21H15F3N4O/c1-12-10-13(2-5-16(12)27-20(29)19-8-9-25-28-19)17-6-3-14-11-15(21(22,23)24)4-7-18(14)26-17/h2-11H,1H3,(H,25,28)(H,27,29). The molecule has 1 amide bonds. The van der Waals surface area contributed by atoms with Crippen LogP contribution in [0, 0.1) is 6.92 Å². The Morgan fingerprint density at radius 3 is 2.55 bits per heavy atom. The van der Waals surface area contributed by atoms with Crippen LogP contribution in [0.1, 0.15) is 21.6 Å². The van der Waals surface area contributed by atoms with Gasteiger partial charge in [-0.15, -0.1) is 0 Å². The van der Waals surface area contributed by atoms with Crippen LogP contribution in [0.4, 0.5) is 18.9 Å². The fraction of sp³-hybridized carbons (Fsp3) is 0.0952. The summed E-state index contributed by atoms with van der Waals surface area (Å²) >= 11 is 0. The molecule has 8 heteroatoms. The van der Waals surface area contributed by atoms with E-state index in [9.17, 15) is 18.0 Å². The van der Waals surface area contributed by atoms with Crippen LogP contribution in [-0.4, -0.2) is 21.1 Å². The number of aryl methyl sites for hydroxylation is 1. The lowest BCUT2D eigenvalue weighted by Crippen LogP contribution is -2.13. The zero-order valence-corrected chi connectivity index (χ0v) is 15.2. The molecule has 2 aromatic heterocycles. The van der Waals surface area contributed by atoms with Crippen molar-refractivity contribution in [2.45, 2.75) is 13.1 Å². The van der Waals surface area contributed by atoms with Crippen molar-refractivity contribution in [3.63, 3.8) is 0 Å². The van der Waals surface area contributed by atoms with Gasteiger partial charge in [0.05, 0.1) is 16.8 Å². The summed E-state index contributed by atoms with van der Waals surface area (Å²) in [6.07, 6.45) is -2.89. The summed E-state index contributed by atoms with van der Waals surface area (Å²) in [5.74, 6) is -0.303. The van der Waals surface area contributed by atoms with E-state index in [-0.39, 0.29) is 5.91 Å². The minimum Gasteiger partial charge on any atom is -0.320 e. The maximum atomic E-state index is 12.9. The number of carbonyl (C=O) groups is 1. The number of aromatic nitrogens is 3. The van der Waals surface area contributed by atoms with E-state index in [4.69, 9.17) is 0 Å². The maximum Gasteiger partial charge on any atom is 0.416 e. The summed E-state index contributed by atoms with van der Waals surface area (Å²) in [6.45, 7) is 1.85. The zero-order valence-electron chi connectivity index (χ0n) is 15.2. The monoisotopic (exact) mass is 396 g/mol. The van der Waals surface area contributed by atoms with Crippen LogP contribution in [-0.2, 0) is 6.18 Å². The predicted octanol–water partition coefficient (Wildman–Crippen LogP) is 5.20. The first-order valence-electron chi connectivity index (χ1n) is 8.71. The molecule has 0 unspecified atom stereocenters. The van der Waals surface area contributed by atoms with Gasteiger partial charge in [0, 0.05) is 22.8 Å². The zero-order chi connectivity index (χ0) is 20.6. The third-order valence-corrected chi connectivity index (χ3v) is 4.53. The molecular formula is C21H15F3N4O. The molecule has 0 saturated carbocycles. The average Bonchev–Trinajstić information content (AvgIpc) is 3.23. The number of hydrogen-bond acceptors (Lipinski definition) is 3. The van der Waals surface area contributed by atoms with Crippen LogP contribution in [0.5, 0.6) is 0 Å². The van der Waals surface area contributed by atoms with Gasteiger partial charge in [-0.05, 0) is 55.0 Å². The highest BCUT2D eigenvalue weighted by Gasteiger charge is 2.30. The molecule has 4 rings (SSSR count). The molecule has 5 nitrogen and oxygen atoms in total. The van der Waals surface area contributed by atoms with E-state index in [1.807, 2.05) is 13.0 Å². The third-order valence-electron chi connectivity index (χ3n) is 4.53. The van der Waals surface area contributed by atoms with E-state index in [1.165, 1.54) is 12.3 Å². The number of nitrogens with one attached hydrogen (secondary N) is 2. The van der Waals surface area contributed by atoms with Crippen molar-refractivity contribution in [3.8, 4) is 11.3 Å². The molecule has 4 aromatic rings. The first kappa shape index (κ1) is 18.7. The Morgan fingerprint density at radius 1 is 1.03 bits per heavy atom. The van der Waals surface area contributed by atoms with Crippen molar-refractivity contribution in [3.05, 3.63) is 77.6 Å². The van der Waals surface area contributed by atoms with E-state index in [1.54, 1.807) is 30.3 Å². The minimum atomic E-state index is -4.39. The van der Waals surface area contributed by atoms with Crippen LogP contribution in [0.15, 0.2) is 60.8 Å². The molecule has 0 saturated heterocycles. The van der Waals surface area contributed by atoms with Gasteiger partial charge in [-0.1, -0.05) is 12.1 Å². The van der Waals surface area contributed by atoms with Crippen LogP contribution in [0.25, 0.3) is 22.2 Å².